The summed E-state index contributed by atoms with van der Waals surface area (Å²) in [5.41, 5.74) is 6.07. The standard InChI is InChI=1S/C23H28BrF3N4O2S/c1-22(2,3)19(12-33-21(28)32)30-8-4-7-29-16-9-13(23(25,26)27)10-18-20(16)31-15-6-5-14(24)11-17(15)34-18/h5-6,9-11,19,29-31H,4,7-8,12H2,1-3H3,(H2,28,32). The third kappa shape index (κ3) is 6.96. The Morgan fingerprint density at radius 2 is 1.91 bits per heavy atom. The highest BCUT2D eigenvalue weighted by Crippen LogP contribution is 2.50. The minimum absolute atomic E-state index is 0.116. The molecule has 0 aliphatic carbocycles. The van der Waals surface area contributed by atoms with Crippen molar-refractivity contribution in [1.29, 1.82) is 0 Å². The van der Waals surface area contributed by atoms with Crippen molar-refractivity contribution in [2.45, 2.75) is 49.2 Å². The Labute approximate surface area is 209 Å². The molecule has 0 saturated heterocycles. The molecule has 3 rings (SSSR count). The van der Waals surface area contributed by atoms with Crippen molar-refractivity contribution in [3.05, 3.63) is 40.4 Å². The van der Waals surface area contributed by atoms with Gasteiger partial charge < -0.3 is 26.4 Å². The SMILES string of the molecule is CC(C)(C)C(COC(N)=O)NCCCNc1cc(C(F)(F)F)cc2c1Nc1ccc(Br)cc1S2. The number of nitrogens with one attached hydrogen (secondary N) is 3. The summed E-state index contributed by atoms with van der Waals surface area (Å²) in [6, 6.07) is 7.85. The first-order chi connectivity index (χ1) is 15.8. The van der Waals surface area contributed by atoms with E-state index in [-0.39, 0.29) is 18.1 Å². The van der Waals surface area contributed by atoms with Gasteiger partial charge in [0.1, 0.15) is 6.61 Å². The van der Waals surface area contributed by atoms with E-state index in [1.54, 1.807) is 0 Å². The number of anilines is 3. The van der Waals surface area contributed by atoms with E-state index in [1.807, 2.05) is 39.0 Å². The van der Waals surface area contributed by atoms with Crippen LogP contribution in [0.1, 0.15) is 32.8 Å². The van der Waals surface area contributed by atoms with E-state index in [0.29, 0.717) is 35.8 Å². The van der Waals surface area contributed by atoms with Crippen LogP contribution in [0.5, 0.6) is 0 Å². The van der Waals surface area contributed by atoms with Crippen molar-refractivity contribution in [3.8, 4) is 0 Å². The quantitative estimate of drug-likeness (QED) is 0.233. The third-order valence-electron chi connectivity index (χ3n) is 5.35. The summed E-state index contributed by atoms with van der Waals surface area (Å²) < 4.78 is 46.5. The summed E-state index contributed by atoms with van der Waals surface area (Å²) in [5, 5.41) is 9.77. The van der Waals surface area contributed by atoms with Crippen LogP contribution in [-0.2, 0) is 10.9 Å². The molecule has 2 aromatic rings. The molecule has 186 valence electrons. The fraction of sp³-hybridized carbons (Fsp3) is 0.435. The number of alkyl halides is 3. The lowest BCUT2D eigenvalue weighted by Gasteiger charge is -2.31. The lowest BCUT2D eigenvalue weighted by atomic mass is 9.87. The fourth-order valence-electron chi connectivity index (χ4n) is 3.43. The monoisotopic (exact) mass is 560 g/mol. The summed E-state index contributed by atoms with van der Waals surface area (Å²) in [4.78, 5) is 12.3. The van der Waals surface area contributed by atoms with Gasteiger partial charge in [-0.25, -0.2) is 4.79 Å². The van der Waals surface area contributed by atoms with Crippen LogP contribution in [0, 0.1) is 5.41 Å². The molecule has 11 heteroatoms. The van der Waals surface area contributed by atoms with Gasteiger partial charge in [0.2, 0.25) is 0 Å². The zero-order valence-corrected chi connectivity index (χ0v) is 21.5. The zero-order valence-electron chi connectivity index (χ0n) is 19.1. The number of fused-ring (bicyclic) bond motifs is 2. The average Bonchev–Trinajstić information content (AvgIpc) is 2.72. The van der Waals surface area contributed by atoms with Crippen LogP contribution >= 0.6 is 27.7 Å². The van der Waals surface area contributed by atoms with Gasteiger partial charge in [-0.15, -0.1) is 0 Å². The number of primary amides is 1. The minimum atomic E-state index is -4.45. The van der Waals surface area contributed by atoms with E-state index in [1.165, 1.54) is 17.8 Å². The fourth-order valence-corrected chi connectivity index (χ4v) is 5.05. The Kier molecular flexibility index (Phi) is 8.30. The van der Waals surface area contributed by atoms with Crippen LogP contribution in [0.3, 0.4) is 0 Å². The smallest absolute Gasteiger partial charge is 0.416 e. The molecule has 6 nitrogen and oxygen atoms in total. The van der Waals surface area contributed by atoms with E-state index in [9.17, 15) is 18.0 Å². The summed E-state index contributed by atoms with van der Waals surface area (Å²) in [7, 11) is 0. The highest BCUT2D eigenvalue weighted by atomic mass is 79.9. The maximum Gasteiger partial charge on any atom is 0.416 e. The first-order valence-corrected chi connectivity index (χ1v) is 12.3. The van der Waals surface area contributed by atoms with Crippen molar-refractivity contribution in [1.82, 2.24) is 5.32 Å². The molecule has 0 saturated carbocycles. The Bertz CT molecular complexity index is 1040. The van der Waals surface area contributed by atoms with Crippen LogP contribution in [0.2, 0.25) is 0 Å². The van der Waals surface area contributed by atoms with E-state index in [4.69, 9.17) is 10.5 Å². The largest absolute Gasteiger partial charge is 0.448 e. The van der Waals surface area contributed by atoms with Crippen molar-refractivity contribution in [3.63, 3.8) is 0 Å². The number of carbonyl (C=O) groups is 1. The number of halogens is 4. The second-order valence-corrected chi connectivity index (χ2v) is 11.0. The van der Waals surface area contributed by atoms with Crippen molar-refractivity contribution in [2.75, 3.05) is 30.3 Å². The lowest BCUT2D eigenvalue weighted by Crippen LogP contribution is -2.45. The van der Waals surface area contributed by atoms with Gasteiger partial charge in [0.15, 0.2) is 0 Å². The van der Waals surface area contributed by atoms with Gasteiger partial charge in [0.05, 0.1) is 22.6 Å². The maximum absolute atomic E-state index is 13.6. The van der Waals surface area contributed by atoms with Crippen LogP contribution in [-0.4, -0.2) is 31.8 Å². The third-order valence-corrected chi connectivity index (χ3v) is 6.94. The predicted octanol–water partition coefficient (Wildman–Crippen LogP) is 6.58. The molecular weight excluding hydrogens is 533 g/mol. The van der Waals surface area contributed by atoms with Crippen LogP contribution in [0.25, 0.3) is 0 Å². The molecule has 1 unspecified atom stereocenters. The molecule has 1 aliphatic heterocycles. The van der Waals surface area contributed by atoms with E-state index in [2.05, 4.69) is 31.9 Å². The zero-order chi connectivity index (χ0) is 25.1. The van der Waals surface area contributed by atoms with E-state index in [0.717, 1.165) is 21.1 Å². The molecular formula is C23H28BrF3N4O2S. The van der Waals surface area contributed by atoms with Gasteiger partial charge >= 0.3 is 12.3 Å². The number of rotatable bonds is 8. The number of hydrogen-bond acceptors (Lipinski definition) is 6. The van der Waals surface area contributed by atoms with Crippen LogP contribution in [0.4, 0.5) is 35.0 Å². The molecule has 0 aromatic heterocycles. The lowest BCUT2D eigenvalue weighted by molar-refractivity contribution is -0.137. The molecule has 5 N–H and O–H groups in total. The Hall–Kier alpha value is -2.11. The predicted molar refractivity (Wildman–Crippen MR) is 133 cm³/mol. The van der Waals surface area contributed by atoms with Gasteiger partial charge in [-0.2, -0.15) is 13.2 Å². The van der Waals surface area contributed by atoms with E-state index < -0.39 is 17.8 Å². The van der Waals surface area contributed by atoms with Crippen LogP contribution < -0.4 is 21.7 Å². The number of hydrogen-bond donors (Lipinski definition) is 4. The summed E-state index contributed by atoms with van der Waals surface area (Å²) >= 11 is 4.71. The van der Waals surface area contributed by atoms with Gasteiger partial charge in [0.25, 0.3) is 0 Å². The number of carbonyl (C=O) groups excluding carboxylic acids is 1. The first-order valence-electron chi connectivity index (χ1n) is 10.7. The van der Waals surface area contributed by atoms with Crippen LogP contribution in [0.15, 0.2) is 44.6 Å². The minimum Gasteiger partial charge on any atom is -0.448 e. The maximum atomic E-state index is 13.6. The Morgan fingerprint density at radius 3 is 2.56 bits per heavy atom. The van der Waals surface area contributed by atoms with Crippen molar-refractivity contribution < 1.29 is 22.7 Å². The molecule has 2 aromatic carbocycles. The second-order valence-electron chi connectivity index (χ2n) is 9.05. The Morgan fingerprint density at radius 1 is 1.18 bits per heavy atom. The molecule has 0 radical (unpaired) electrons. The topological polar surface area (TPSA) is 88.4 Å². The number of benzene rings is 2. The summed E-state index contributed by atoms with van der Waals surface area (Å²) in [5.74, 6) is 0. The molecule has 0 bridgehead atoms. The highest BCUT2D eigenvalue weighted by molar-refractivity contribution is 9.10. The number of ether oxygens (including phenoxy) is 1. The molecule has 1 heterocycles. The molecule has 0 spiro atoms. The normalized spacial score (nSPS) is 14.0. The molecule has 1 amide bonds. The molecule has 34 heavy (non-hydrogen) atoms. The summed E-state index contributed by atoms with van der Waals surface area (Å²) in [6.07, 6.45) is -4.64. The molecule has 0 fully saturated rings. The Balaban J connectivity index is 1.69. The van der Waals surface area contributed by atoms with Gasteiger partial charge in [-0.3, -0.25) is 0 Å². The number of nitrogens with two attached hydrogens (primary N) is 1. The summed E-state index contributed by atoms with van der Waals surface area (Å²) in [6.45, 7) is 7.22. The second kappa shape index (κ2) is 10.7. The van der Waals surface area contributed by atoms with Crippen molar-refractivity contribution in [2.24, 2.45) is 11.1 Å². The molecule has 1 atom stereocenters. The van der Waals surface area contributed by atoms with Gasteiger partial charge in [-0.05, 0) is 48.7 Å². The van der Waals surface area contributed by atoms with Gasteiger partial charge in [0, 0.05) is 26.9 Å². The molecule has 1 aliphatic rings. The first kappa shape index (κ1) is 26.5. The van der Waals surface area contributed by atoms with Crippen molar-refractivity contribution >= 4 is 50.8 Å². The van der Waals surface area contributed by atoms with Gasteiger partial charge in [-0.1, -0.05) is 48.5 Å². The van der Waals surface area contributed by atoms with E-state index >= 15 is 0 Å². The number of amides is 1. The highest BCUT2D eigenvalue weighted by Gasteiger charge is 2.33. The average molecular weight is 561 g/mol.